The minimum absolute atomic E-state index is 0.156. The molecular formula is C18H22N2O2S. The van der Waals surface area contributed by atoms with Crippen molar-refractivity contribution < 1.29 is 9.90 Å². The van der Waals surface area contributed by atoms with Crippen LogP contribution in [0.4, 0.5) is 5.69 Å². The van der Waals surface area contributed by atoms with E-state index in [1.54, 1.807) is 12.1 Å². The summed E-state index contributed by atoms with van der Waals surface area (Å²) >= 11 is 1.28. The maximum absolute atomic E-state index is 12.6. The predicted molar refractivity (Wildman–Crippen MR) is 95.5 cm³/mol. The lowest BCUT2D eigenvalue weighted by atomic mass is 10.2. The summed E-state index contributed by atoms with van der Waals surface area (Å²) in [6.07, 6.45) is 0.170. The van der Waals surface area contributed by atoms with Crippen molar-refractivity contribution in [1.29, 1.82) is 0 Å². The van der Waals surface area contributed by atoms with Gasteiger partial charge in [-0.3, -0.25) is 4.79 Å². The number of hydrogen-bond acceptors (Lipinski definition) is 4. The number of aryl methyl sites for hydroxylation is 2. The van der Waals surface area contributed by atoms with E-state index in [0.29, 0.717) is 5.69 Å². The Kier molecular flexibility index (Phi) is 5.82. The van der Waals surface area contributed by atoms with Crippen LogP contribution in [0, 0.1) is 13.8 Å². The zero-order valence-corrected chi connectivity index (χ0v) is 14.2. The van der Waals surface area contributed by atoms with Crippen LogP contribution < -0.4 is 11.1 Å². The van der Waals surface area contributed by atoms with Crippen LogP contribution in [0.3, 0.4) is 0 Å². The quantitative estimate of drug-likeness (QED) is 0.562. The number of aliphatic hydroxyl groups excluding tert-OH is 1. The number of benzene rings is 2. The van der Waals surface area contributed by atoms with Crippen molar-refractivity contribution in [3.8, 4) is 0 Å². The number of aliphatic hydroxyl groups is 1. The van der Waals surface area contributed by atoms with E-state index < -0.39 is 4.87 Å². The first kappa shape index (κ1) is 17.5. The second-order valence-electron chi connectivity index (χ2n) is 5.61. The molecule has 2 aromatic rings. The van der Waals surface area contributed by atoms with E-state index in [1.807, 2.05) is 44.2 Å². The molecule has 5 heteroatoms. The molecule has 0 saturated carbocycles. The van der Waals surface area contributed by atoms with Crippen LogP contribution in [0.2, 0.25) is 0 Å². The van der Waals surface area contributed by atoms with Crippen molar-refractivity contribution in [2.75, 3.05) is 11.9 Å². The first-order valence-electron chi connectivity index (χ1n) is 7.46. The highest BCUT2D eigenvalue weighted by Gasteiger charge is 2.35. The molecule has 0 aliphatic rings. The van der Waals surface area contributed by atoms with Gasteiger partial charge in [-0.25, -0.2) is 0 Å². The summed E-state index contributed by atoms with van der Waals surface area (Å²) in [5, 5.41) is 12.2. The number of nitrogens with one attached hydrogen (secondary N) is 1. The lowest BCUT2D eigenvalue weighted by molar-refractivity contribution is -0.118. The topological polar surface area (TPSA) is 75.3 Å². The summed E-state index contributed by atoms with van der Waals surface area (Å²) < 4.78 is 0. The van der Waals surface area contributed by atoms with E-state index in [9.17, 15) is 9.90 Å². The summed E-state index contributed by atoms with van der Waals surface area (Å²) in [6.45, 7) is 3.85. The van der Waals surface area contributed by atoms with Gasteiger partial charge < -0.3 is 16.2 Å². The molecule has 2 aromatic carbocycles. The number of amides is 1. The van der Waals surface area contributed by atoms with Gasteiger partial charge in [0.25, 0.3) is 5.91 Å². The Bertz CT molecular complexity index is 656. The molecule has 1 atom stereocenters. The van der Waals surface area contributed by atoms with Gasteiger partial charge in [-0.05, 0) is 49.2 Å². The lowest BCUT2D eigenvalue weighted by Crippen LogP contribution is -2.48. The fraction of sp³-hybridized carbons (Fsp3) is 0.278. The molecule has 0 aromatic heterocycles. The third kappa shape index (κ3) is 4.82. The third-order valence-electron chi connectivity index (χ3n) is 3.39. The Balaban J connectivity index is 2.21. The van der Waals surface area contributed by atoms with E-state index in [0.717, 1.165) is 16.0 Å². The number of anilines is 1. The number of thioether (sulfide) groups is 1. The second kappa shape index (κ2) is 7.64. The number of hydrogen-bond donors (Lipinski definition) is 3. The molecule has 0 spiro atoms. The summed E-state index contributed by atoms with van der Waals surface area (Å²) in [5.74, 6) is -0.318. The predicted octanol–water partition coefficient (Wildman–Crippen LogP) is 3.07. The van der Waals surface area contributed by atoms with E-state index in [4.69, 9.17) is 5.73 Å². The van der Waals surface area contributed by atoms with Crippen molar-refractivity contribution in [1.82, 2.24) is 0 Å². The monoisotopic (exact) mass is 330 g/mol. The van der Waals surface area contributed by atoms with E-state index >= 15 is 0 Å². The van der Waals surface area contributed by atoms with Crippen LogP contribution in [0.25, 0.3) is 0 Å². The molecule has 1 unspecified atom stereocenters. The number of carbonyl (C=O) groups is 1. The number of para-hydroxylation sites is 1. The molecule has 0 aliphatic carbocycles. The van der Waals surface area contributed by atoms with Gasteiger partial charge in [0.2, 0.25) is 0 Å². The van der Waals surface area contributed by atoms with Crippen molar-refractivity contribution in [2.24, 2.45) is 5.73 Å². The van der Waals surface area contributed by atoms with E-state index in [2.05, 4.69) is 11.4 Å². The van der Waals surface area contributed by atoms with Crippen molar-refractivity contribution in [3.05, 3.63) is 59.7 Å². The van der Waals surface area contributed by atoms with Crippen LogP contribution in [0.15, 0.2) is 53.4 Å². The minimum Gasteiger partial charge on any atom is -0.396 e. The molecule has 0 saturated heterocycles. The first-order chi connectivity index (χ1) is 10.9. The molecule has 4 nitrogen and oxygen atoms in total. The van der Waals surface area contributed by atoms with Crippen molar-refractivity contribution in [3.63, 3.8) is 0 Å². The standard InChI is InChI=1S/C18H22N2O2S/c1-13-10-14(2)12-16(11-13)23-18(19,8-9-21)17(22)20-15-6-4-3-5-7-15/h3-7,10-12,21H,8-9,19H2,1-2H3,(H,20,22). The highest BCUT2D eigenvalue weighted by atomic mass is 32.2. The lowest BCUT2D eigenvalue weighted by Gasteiger charge is -2.27. The van der Waals surface area contributed by atoms with Gasteiger partial charge in [-0.1, -0.05) is 36.0 Å². The highest BCUT2D eigenvalue weighted by molar-refractivity contribution is 8.01. The van der Waals surface area contributed by atoms with Crippen LogP contribution in [0.5, 0.6) is 0 Å². The first-order valence-corrected chi connectivity index (χ1v) is 8.28. The van der Waals surface area contributed by atoms with Crippen LogP contribution >= 0.6 is 11.8 Å². The van der Waals surface area contributed by atoms with Gasteiger partial charge in [0.15, 0.2) is 0 Å². The summed E-state index contributed by atoms with van der Waals surface area (Å²) in [6, 6.07) is 15.2. The summed E-state index contributed by atoms with van der Waals surface area (Å²) in [7, 11) is 0. The molecule has 0 aliphatic heterocycles. The fourth-order valence-corrected chi connectivity index (χ4v) is 3.58. The Hall–Kier alpha value is -1.82. The molecule has 0 heterocycles. The Labute approximate surface area is 141 Å². The Morgan fingerprint density at radius 2 is 1.78 bits per heavy atom. The fourth-order valence-electron chi connectivity index (χ4n) is 2.34. The molecule has 1 amide bonds. The molecule has 0 fully saturated rings. The average molecular weight is 330 g/mol. The average Bonchev–Trinajstić information content (AvgIpc) is 2.47. The van der Waals surface area contributed by atoms with Crippen LogP contribution in [-0.2, 0) is 4.79 Å². The highest BCUT2D eigenvalue weighted by Crippen LogP contribution is 2.33. The number of nitrogens with two attached hydrogens (primary N) is 1. The van der Waals surface area contributed by atoms with Gasteiger partial charge in [0.1, 0.15) is 4.87 Å². The van der Waals surface area contributed by atoms with Gasteiger partial charge in [-0.15, -0.1) is 0 Å². The van der Waals surface area contributed by atoms with Crippen molar-refractivity contribution in [2.45, 2.75) is 30.0 Å². The van der Waals surface area contributed by atoms with E-state index in [-0.39, 0.29) is 18.9 Å². The maximum Gasteiger partial charge on any atom is 0.255 e. The molecule has 23 heavy (non-hydrogen) atoms. The molecule has 2 rings (SSSR count). The third-order valence-corrected chi connectivity index (χ3v) is 4.62. The van der Waals surface area contributed by atoms with Gasteiger partial charge in [0, 0.05) is 23.6 Å². The Morgan fingerprint density at radius 3 is 2.35 bits per heavy atom. The maximum atomic E-state index is 12.6. The normalized spacial score (nSPS) is 13.4. The second-order valence-corrected chi connectivity index (χ2v) is 7.01. The molecule has 0 bridgehead atoms. The molecular weight excluding hydrogens is 308 g/mol. The molecule has 4 N–H and O–H groups in total. The SMILES string of the molecule is Cc1cc(C)cc(SC(N)(CCO)C(=O)Nc2ccccc2)c1. The van der Waals surface area contributed by atoms with Gasteiger partial charge >= 0.3 is 0 Å². The zero-order chi connectivity index (χ0) is 16.9. The van der Waals surface area contributed by atoms with E-state index in [1.165, 1.54) is 11.8 Å². The van der Waals surface area contributed by atoms with Gasteiger partial charge in [0.05, 0.1) is 0 Å². The van der Waals surface area contributed by atoms with Crippen LogP contribution in [-0.4, -0.2) is 22.5 Å². The van der Waals surface area contributed by atoms with Crippen molar-refractivity contribution >= 4 is 23.4 Å². The van der Waals surface area contributed by atoms with Crippen LogP contribution in [0.1, 0.15) is 17.5 Å². The minimum atomic E-state index is -1.23. The molecule has 0 radical (unpaired) electrons. The van der Waals surface area contributed by atoms with Gasteiger partial charge in [-0.2, -0.15) is 0 Å². The molecule has 122 valence electrons. The summed E-state index contributed by atoms with van der Waals surface area (Å²) in [4.78, 5) is 12.3. The Morgan fingerprint density at radius 1 is 1.17 bits per heavy atom. The largest absolute Gasteiger partial charge is 0.396 e. The smallest absolute Gasteiger partial charge is 0.255 e. The summed E-state index contributed by atoms with van der Waals surface area (Å²) in [5.41, 5.74) is 9.24. The number of carbonyl (C=O) groups excluding carboxylic acids is 1. The zero-order valence-electron chi connectivity index (χ0n) is 13.4. The number of rotatable bonds is 6.